The van der Waals surface area contributed by atoms with Gasteiger partial charge in [0.2, 0.25) is 0 Å². The molecule has 36 heavy (non-hydrogen) atoms. The first-order chi connectivity index (χ1) is 17.5. The van der Waals surface area contributed by atoms with Crippen LogP contribution in [0.1, 0.15) is 28.0 Å². The first-order valence-electron chi connectivity index (χ1n) is 11.1. The van der Waals surface area contributed by atoms with Crippen molar-refractivity contribution in [1.82, 2.24) is 30.4 Å². The van der Waals surface area contributed by atoms with Crippen LogP contribution in [-0.2, 0) is 6.54 Å². The Hall–Kier alpha value is -3.95. The van der Waals surface area contributed by atoms with Gasteiger partial charge in [0.15, 0.2) is 0 Å². The number of tetrazole rings is 1. The van der Waals surface area contributed by atoms with Crippen LogP contribution < -0.4 is 10.1 Å². The molecule has 1 unspecified atom stereocenters. The molecule has 2 N–H and O–H groups in total. The minimum atomic E-state index is -0.329. The molecule has 1 aliphatic rings. The third-order valence-electron chi connectivity index (χ3n) is 5.64. The number of aromatic nitrogens is 6. The van der Waals surface area contributed by atoms with E-state index in [0.717, 1.165) is 33.8 Å². The number of halogens is 2. The number of amides is 1. The number of hydrogen-bond acceptors (Lipinski definition) is 6. The third kappa shape index (κ3) is 5.32. The molecular weight excluding hydrogens is 501 g/mol. The van der Waals surface area contributed by atoms with Crippen molar-refractivity contribution in [3.63, 3.8) is 0 Å². The number of benzene rings is 2. The summed E-state index contributed by atoms with van der Waals surface area (Å²) in [5.74, 6) is 0.558. The fourth-order valence-electron chi connectivity index (χ4n) is 3.87. The Morgan fingerprint density at radius 1 is 1.19 bits per heavy atom. The summed E-state index contributed by atoms with van der Waals surface area (Å²) in [7, 11) is 1.64. The molecule has 182 valence electrons. The number of alkyl halides is 1. The molecule has 2 aromatic heterocycles. The first-order valence-corrected chi connectivity index (χ1v) is 11.9. The van der Waals surface area contributed by atoms with E-state index in [1.54, 1.807) is 19.2 Å². The number of anilines is 1. The van der Waals surface area contributed by atoms with Crippen LogP contribution in [0.25, 0.3) is 16.8 Å². The van der Waals surface area contributed by atoms with Crippen LogP contribution in [-0.4, -0.2) is 48.8 Å². The number of methoxy groups -OCH3 is 1. The fraction of sp³-hybridized carbons (Fsp3) is 0.160. The van der Waals surface area contributed by atoms with Crippen LogP contribution in [0.5, 0.6) is 5.75 Å². The van der Waals surface area contributed by atoms with E-state index in [1.807, 2.05) is 59.3 Å². The molecule has 0 radical (unpaired) electrons. The second-order valence-corrected chi connectivity index (χ2v) is 9.17. The van der Waals surface area contributed by atoms with Crippen molar-refractivity contribution in [1.29, 1.82) is 0 Å². The number of hydrogen-bond donors (Lipinski definition) is 2. The molecule has 1 atom stereocenters. The van der Waals surface area contributed by atoms with Gasteiger partial charge in [-0.3, -0.25) is 14.8 Å². The average molecular weight is 522 g/mol. The molecule has 11 heteroatoms. The van der Waals surface area contributed by atoms with E-state index in [1.165, 1.54) is 0 Å². The molecule has 4 aromatic rings. The van der Waals surface area contributed by atoms with Crippen LogP contribution in [0.15, 0.2) is 71.8 Å². The van der Waals surface area contributed by atoms with Crippen molar-refractivity contribution in [2.45, 2.75) is 18.3 Å². The van der Waals surface area contributed by atoms with E-state index < -0.39 is 0 Å². The predicted molar refractivity (Wildman–Crippen MR) is 138 cm³/mol. The van der Waals surface area contributed by atoms with Crippen molar-refractivity contribution in [3.8, 4) is 17.0 Å². The van der Waals surface area contributed by atoms with Gasteiger partial charge >= 0.3 is 0 Å². The molecule has 2 aromatic carbocycles. The monoisotopic (exact) mass is 521 g/mol. The topological polar surface area (TPSA) is 111 Å². The molecule has 0 saturated carbocycles. The summed E-state index contributed by atoms with van der Waals surface area (Å²) in [5, 5.41) is 21.1. The Morgan fingerprint density at radius 3 is 2.64 bits per heavy atom. The molecule has 9 nitrogen and oxygen atoms in total. The summed E-state index contributed by atoms with van der Waals surface area (Å²) in [6.07, 6.45) is 4.51. The van der Waals surface area contributed by atoms with Gasteiger partial charge in [-0.05, 0) is 64.9 Å². The smallest absolute Gasteiger partial charge is 0.270 e. The van der Waals surface area contributed by atoms with Crippen LogP contribution in [0.3, 0.4) is 0 Å². The summed E-state index contributed by atoms with van der Waals surface area (Å²) < 4.78 is 7.19. The van der Waals surface area contributed by atoms with Crippen molar-refractivity contribution < 1.29 is 9.53 Å². The lowest BCUT2D eigenvalue weighted by molar-refractivity contribution is 0.102. The van der Waals surface area contributed by atoms with Crippen molar-refractivity contribution >= 4 is 40.6 Å². The minimum absolute atomic E-state index is 0.112. The molecular formula is C25H21Cl2N7O2. The second kappa shape index (κ2) is 10.3. The second-order valence-electron chi connectivity index (χ2n) is 8.12. The minimum Gasteiger partial charge on any atom is -0.497 e. The van der Waals surface area contributed by atoms with Gasteiger partial charge in [-0.15, -0.1) is 16.7 Å². The van der Waals surface area contributed by atoms with E-state index >= 15 is 0 Å². The van der Waals surface area contributed by atoms with E-state index in [-0.39, 0.29) is 17.2 Å². The lowest BCUT2D eigenvalue weighted by atomic mass is 10.0. The van der Waals surface area contributed by atoms with Gasteiger partial charge in [-0.25, -0.2) is 0 Å². The van der Waals surface area contributed by atoms with Crippen LogP contribution in [0.2, 0.25) is 0 Å². The molecule has 0 spiro atoms. The summed E-state index contributed by atoms with van der Waals surface area (Å²) in [5.41, 5.74) is 5.01. The number of rotatable bonds is 7. The number of carbonyl (C=O) groups excluding carboxylic acids is 1. The van der Waals surface area contributed by atoms with E-state index in [0.29, 0.717) is 23.6 Å². The predicted octanol–water partition coefficient (Wildman–Crippen LogP) is 4.89. The highest BCUT2D eigenvalue weighted by Crippen LogP contribution is 2.32. The maximum atomic E-state index is 12.4. The van der Waals surface area contributed by atoms with Gasteiger partial charge in [-0.2, -0.15) is 10.3 Å². The van der Waals surface area contributed by atoms with Crippen molar-refractivity contribution in [2.75, 3.05) is 12.4 Å². The van der Waals surface area contributed by atoms with Gasteiger partial charge < -0.3 is 4.74 Å². The van der Waals surface area contributed by atoms with Crippen molar-refractivity contribution in [2.24, 2.45) is 0 Å². The molecule has 0 fully saturated rings. The number of ether oxygens (including phenoxy) is 1. The molecule has 0 saturated heterocycles. The molecule has 1 amide bonds. The van der Waals surface area contributed by atoms with E-state index in [2.05, 4.69) is 25.9 Å². The Morgan fingerprint density at radius 2 is 1.97 bits per heavy atom. The zero-order chi connectivity index (χ0) is 25.1. The van der Waals surface area contributed by atoms with E-state index in [9.17, 15) is 4.79 Å². The zero-order valence-corrected chi connectivity index (χ0v) is 20.7. The highest BCUT2D eigenvalue weighted by Gasteiger charge is 2.19. The number of allylic oxidation sites excluding steroid dienone is 4. The van der Waals surface area contributed by atoms with Gasteiger partial charge in [-0.1, -0.05) is 34.9 Å². The molecule has 5 rings (SSSR count). The Balaban J connectivity index is 1.44. The molecule has 0 bridgehead atoms. The third-order valence-corrected chi connectivity index (χ3v) is 6.19. The standard InChI is InChI=1S/C25H21Cl2N7O2/c1-36-21-8-6-16(7-9-21)22-13-23(18-10-19(26)12-20(27)11-18)34(31-22)14-15-2-4-17(5-3-15)24(35)28-25-29-32-33-30-25/h2-11,13,19H,12,14H2,1H3,(H2,28,29,30,32,33,35). The van der Waals surface area contributed by atoms with Gasteiger partial charge in [0.25, 0.3) is 11.9 Å². The van der Waals surface area contributed by atoms with Crippen LogP contribution in [0.4, 0.5) is 5.95 Å². The van der Waals surface area contributed by atoms with E-state index in [4.69, 9.17) is 33.0 Å². The highest BCUT2D eigenvalue weighted by molar-refractivity contribution is 6.32. The lowest BCUT2D eigenvalue weighted by Gasteiger charge is -2.15. The first kappa shape index (κ1) is 23.8. The van der Waals surface area contributed by atoms with Crippen LogP contribution >= 0.6 is 23.2 Å². The van der Waals surface area contributed by atoms with Gasteiger partial charge in [0.1, 0.15) is 5.75 Å². The zero-order valence-electron chi connectivity index (χ0n) is 19.2. The molecule has 0 aliphatic heterocycles. The number of H-pyrrole nitrogens is 1. The molecule has 2 heterocycles. The van der Waals surface area contributed by atoms with Crippen LogP contribution in [0, 0.1) is 0 Å². The number of nitrogens with zero attached hydrogens (tertiary/aromatic N) is 5. The largest absolute Gasteiger partial charge is 0.497 e. The molecule has 1 aliphatic carbocycles. The summed E-state index contributed by atoms with van der Waals surface area (Å²) in [6, 6.07) is 17.0. The highest BCUT2D eigenvalue weighted by atomic mass is 35.5. The maximum Gasteiger partial charge on any atom is 0.270 e. The number of aromatic amines is 1. The van der Waals surface area contributed by atoms with Gasteiger partial charge in [0.05, 0.1) is 30.4 Å². The quantitative estimate of drug-likeness (QED) is 0.335. The Bertz CT molecular complexity index is 1430. The Labute approximate surface area is 216 Å². The van der Waals surface area contributed by atoms with Crippen molar-refractivity contribution in [3.05, 3.63) is 88.6 Å². The summed E-state index contributed by atoms with van der Waals surface area (Å²) in [6.45, 7) is 0.480. The van der Waals surface area contributed by atoms with Gasteiger partial charge in [0, 0.05) is 22.6 Å². The summed E-state index contributed by atoms with van der Waals surface area (Å²) >= 11 is 12.8. The number of carbonyl (C=O) groups is 1. The average Bonchev–Trinajstić information content (AvgIpc) is 3.54. The fourth-order valence-corrected chi connectivity index (χ4v) is 4.54. The SMILES string of the molecule is COc1ccc(-c2cc(C3=CC(Cl)CC(Cl)=C3)n(Cc3ccc(C(=O)Nc4nn[nH]n4)cc3)n2)cc1. The maximum absolute atomic E-state index is 12.4. The number of nitrogens with one attached hydrogen (secondary N) is 2. The summed E-state index contributed by atoms with van der Waals surface area (Å²) in [4.78, 5) is 12.4. The normalized spacial score (nSPS) is 15.2. The Kier molecular flexibility index (Phi) is 6.84. The lowest BCUT2D eigenvalue weighted by Crippen LogP contribution is -2.13.